The molecule has 1 N–H and O–H groups in total. The van der Waals surface area contributed by atoms with Crippen LogP contribution in [0, 0.1) is 0 Å². The van der Waals surface area contributed by atoms with E-state index in [0.717, 1.165) is 22.9 Å². The van der Waals surface area contributed by atoms with Crippen LogP contribution in [0.3, 0.4) is 0 Å². The molecule has 0 fully saturated rings. The molecular formula is C27H25NO4S. The molecule has 0 saturated carbocycles. The van der Waals surface area contributed by atoms with Gasteiger partial charge in [-0.25, -0.2) is 0 Å². The normalized spacial score (nSPS) is 11.0. The Bertz CT molecular complexity index is 1080. The van der Waals surface area contributed by atoms with E-state index in [2.05, 4.69) is 5.32 Å². The molecule has 3 aromatic carbocycles. The predicted octanol–water partition coefficient (Wildman–Crippen LogP) is 4.89. The number of esters is 1. The van der Waals surface area contributed by atoms with Crippen LogP contribution in [-0.2, 0) is 20.9 Å². The molecule has 0 unspecified atom stereocenters. The average Bonchev–Trinajstić information content (AvgIpc) is 2.86. The highest BCUT2D eigenvalue weighted by Gasteiger charge is 2.14. The molecular weight excluding hydrogens is 434 g/mol. The Balaban J connectivity index is 1.54. The number of amides is 1. The first-order valence-electron chi connectivity index (χ1n) is 10.6. The van der Waals surface area contributed by atoms with Crippen molar-refractivity contribution in [3.05, 3.63) is 113 Å². The molecule has 0 aromatic heterocycles. The Kier molecular flexibility index (Phi) is 9.48. The summed E-state index contributed by atoms with van der Waals surface area (Å²) in [6.07, 6.45) is 1.82. The first-order valence-corrected chi connectivity index (χ1v) is 11.6. The van der Waals surface area contributed by atoms with Gasteiger partial charge in [0.1, 0.15) is 6.61 Å². The molecule has 0 heterocycles. The van der Waals surface area contributed by atoms with Crippen molar-refractivity contribution in [1.29, 1.82) is 0 Å². The maximum absolute atomic E-state index is 12.8. The highest BCUT2D eigenvalue weighted by molar-refractivity contribution is 8.14. The molecule has 0 saturated heterocycles. The van der Waals surface area contributed by atoms with Crippen LogP contribution < -0.4 is 5.32 Å². The summed E-state index contributed by atoms with van der Waals surface area (Å²) in [6, 6.07) is 27.8. The van der Waals surface area contributed by atoms with Gasteiger partial charge in [-0.05, 0) is 17.2 Å². The molecule has 0 radical (unpaired) electrons. The van der Waals surface area contributed by atoms with Crippen LogP contribution in [0.25, 0.3) is 6.08 Å². The topological polar surface area (TPSA) is 72.5 Å². The smallest absolute Gasteiger partial charge is 0.307 e. The zero-order valence-corrected chi connectivity index (χ0v) is 18.9. The lowest BCUT2D eigenvalue weighted by molar-refractivity contribution is -0.144. The number of hydrogen-bond donors (Lipinski definition) is 1. The Morgan fingerprint density at radius 1 is 0.818 bits per heavy atom. The number of benzene rings is 3. The summed E-state index contributed by atoms with van der Waals surface area (Å²) in [5.41, 5.74) is 2.80. The zero-order chi connectivity index (χ0) is 23.3. The van der Waals surface area contributed by atoms with Crippen molar-refractivity contribution in [2.75, 3.05) is 12.3 Å². The largest absolute Gasteiger partial charge is 0.461 e. The van der Waals surface area contributed by atoms with E-state index in [9.17, 15) is 14.4 Å². The molecule has 1 amide bonds. The fourth-order valence-electron chi connectivity index (χ4n) is 2.93. The van der Waals surface area contributed by atoms with Crippen LogP contribution in [0.1, 0.15) is 27.9 Å². The van der Waals surface area contributed by atoms with Crippen molar-refractivity contribution in [2.45, 2.75) is 13.0 Å². The minimum Gasteiger partial charge on any atom is -0.461 e. The molecule has 3 rings (SSSR count). The van der Waals surface area contributed by atoms with Gasteiger partial charge in [-0.15, -0.1) is 0 Å². The van der Waals surface area contributed by atoms with Gasteiger partial charge >= 0.3 is 5.97 Å². The third kappa shape index (κ3) is 8.43. The van der Waals surface area contributed by atoms with Gasteiger partial charge in [-0.2, -0.15) is 0 Å². The van der Waals surface area contributed by atoms with Crippen LogP contribution in [0.15, 0.2) is 96.6 Å². The molecule has 0 spiro atoms. The van der Waals surface area contributed by atoms with Gasteiger partial charge < -0.3 is 10.1 Å². The Hall–Kier alpha value is -3.64. The zero-order valence-electron chi connectivity index (χ0n) is 18.1. The second-order valence-electron chi connectivity index (χ2n) is 7.17. The number of hydrogen-bond acceptors (Lipinski definition) is 5. The summed E-state index contributed by atoms with van der Waals surface area (Å²) >= 11 is 1.07. The van der Waals surface area contributed by atoms with Crippen LogP contribution in [0.5, 0.6) is 0 Å². The number of carbonyl (C=O) groups excluding carboxylic acids is 3. The highest BCUT2D eigenvalue weighted by atomic mass is 32.2. The van der Waals surface area contributed by atoms with Gasteiger partial charge in [-0.3, -0.25) is 14.4 Å². The molecule has 0 aliphatic carbocycles. The Labute approximate surface area is 197 Å². The first-order chi connectivity index (χ1) is 16.1. The summed E-state index contributed by atoms with van der Waals surface area (Å²) in [4.78, 5) is 37.3. The van der Waals surface area contributed by atoms with E-state index in [-0.39, 0.29) is 42.3 Å². The Morgan fingerprint density at radius 3 is 2.09 bits per heavy atom. The van der Waals surface area contributed by atoms with E-state index in [0.29, 0.717) is 11.1 Å². The van der Waals surface area contributed by atoms with Crippen molar-refractivity contribution < 1.29 is 19.1 Å². The van der Waals surface area contributed by atoms with E-state index in [4.69, 9.17) is 4.74 Å². The molecule has 0 aliphatic heterocycles. The molecule has 3 aromatic rings. The standard InChI is InChI=1S/C27H25NO4S/c29-25(32-19-22-12-6-2-7-13-22)16-17-28-26(30)24(18-21-10-4-1-5-11-21)20-33-27(31)23-14-8-3-9-15-23/h1-15,18H,16-17,19-20H2,(H,28,30)/b24-18-. The fourth-order valence-corrected chi connectivity index (χ4v) is 3.73. The van der Waals surface area contributed by atoms with E-state index in [1.807, 2.05) is 66.7 Å². The van der Waals surface area contributed by atoms with Crippen molar-refractivity contribution in [3.63, 3.8) is 0 Å². The van der Waals surface area contributed by atoms with Crippen molar-refractivity contribution in [2.24, 2.45) is 0 Å². The van der Waals surface area contributed by atoms with Gasteiger partial charge in [0.25, 0.3) is 0 Å². The fraction of sp³-hybridized carbons (Fsp3) is 0.148. The third-order valence-electron chi connectivity index (χ3n) is 4.66. The van der Waals surface area contributed by atoms with Gasteiger partial charge in [-0.1, -0.05) is 103 Å². The van der Waals surface area contributed by atoms with Crippen LogP contribution in [-0.4, -0.2) is 29.3 Å². The van der Waals surface area contributed by atoms with E-state index < -0.39 is 0 Å². The molecule has 0 bridgehead atoms. The van der Waals surface area contributed by atoms with Crippen LogP contribution in [0.2, 0.25) is 0 Å². The first kappa shape index (κ1) is 24.0. The number of thioether (sulfide) groups is 1. The van der Waals surface area contributed by atoms with Gasteiger partial charge in [0.05, 0.1) is 6.42 Å². The van der Waals surface area contributed by atoms with Gasteiger partial charge in [0, 0.05) is 23.4 Å². The molecule has 0 aliphatic rings. The number of carbonyl (C=O) groups is 3. The summed E-state index contributed by atoms with van der Waals surface area (Å²) < 4.78 is 5.24. The molecule has 0 atom stereocenters. The van der Waals surface area contributed by atoms with E-state index >= 15 is 0 Å². The minimum absolute atomic E-state index is 0.0628. The second kappa shape index (κ2) is 13.0. The molecule has 5 nitrogen and oxygen atoms in total. The number of ether oxygens (including phenoxy) is 1. The van der Waals surface area contributed by atoms with Crippen molar-refractivity contribution in [3.8, 4) is 0 Å². The van der Waals surface area contributed by atoms with Crippen molar-refractivity contribution in [1.82, 2.24) is 5.32 Å². The quantitative estimate of drug-likeness (QED) is 0.345. The third-order valence-corrected chi connectivity index (χ3v) is 5.61. The van der Waals surface area contributed by atoms with E-state index in [1.165, 1.54) is 0 Å². The minimum atomic E-state index is -0.388. The maximum Gasteiger partial charge on any atom is 0.307 e. The molecule has 33 heavy (non-hydrogen) atoms. The van der Waals surface area contributed by atoms with Crippen LogP contribution in [0.4, 0.5) is 0 Å². The summed E-state index contributed by atoms with van der Waals surface area (Å²) in [5.74, 6) is -0.489. The molecule has 168 valence electrons. The Morgan fingerprint density at radius 2 is 1.42 bits per heavy atom. The van der Waals surface area contributed by atoms with Gasteiger partial charge in [0.15, 0.2) is 0 Å². The SMILES string of the molecule is O=C(CCNC(=O)/C(=C\c1ccccc1)CSC(=O)c1ccccc1)OCc1ccccc1. The monoisotopic (exact) mass is 459 g/mol. The summed E-state index contributed by atoms with van der Waals surface area (Å²) in [5, 5.41) is 2.66. The van der Waals surface area contributed by atoms with Gasteiger partial charge in [0.2, 0.25) is 11.0 Å². The summed E-state index contributed by atoms with van der Waals surface area (Å²) in [7, 11) is 0. The van der Waals surface area contributed by atoms with E-state index in [1.54, 1.807) is 30.3 Å². The van der Waals surface area contributed by atoms with Crippen LogP contribution >= 0.6 is 11.8 Å². The van der Waals surface area contributed by atoms with Crippen molar-refractivity contribution >= 4 is 34.8 Å². The average molecular weight is 460 g/mol. The summed E-state index contributed by atoms with van der Waals surface area (Å²) in [6.45, 7) is 0.348. The lowest BCUT2D eigenvalue weighted by Crippen LogP contribution is -2.28. The predicted molar refractivity (Wildman–Crippen MR) is 132 cm³/mol. The number of nitrogens with one attached hydrogen (secondary N) is 1. The highest BCUT2D eigenvalue weighted by Crippen LogP contribution is 2.18. The lowest BCUT2D eigenvalue weighted by Gasteiger charge is -2.10. The maximum atomic E-state index is 12.8. The lowest BCUT2D eigenvalue weighted by atomic mass is 10.1. The second-order valence-corrected chi connectivity index (χ2v) is 8.12. The molecule has 6 heteroatoms. The number of rotatable bonds is 10.